The van der Waals surface area contributed by atoms with Gasteiger partial charge in [-0.05, 0) is 25.7 Å². The van der Waals surface area contributed by atoms with Crippen LogP contribution < -0.4 is 4.72 Å². The van der Waals surface area contributed by atoms with Crippen LogP contribution in [0.4, 0.5) is 0 Å². The first-order chi connectivity index (χ1) is 7.99. The number of nitrogens with one attached hydrogen (secondary N) is 1. The van der Waals surface area contributed by atoms with E-state index in [1.165, 1.54) is 4.31 Å². The third kappa shape index (κ3) is 3.64. The fourth-order valence-electron chi connectivity index (χ4n) is 2.09. The summed E-state index contributed by atoms with van der Waals surface area (Å²) in [6.45, 7) is 4.79. The van der Waals surface area contributed by atoms with Gasteiger partial charge in [-0.25, -0.2) is 0 Å². The Labute approximate surface area is 104 Å². The minimum absolute atomic E-state index is 0.160. The third-order valence-corrected chi connectivity index (χ3v) is 5.39. The third-order valence-electron chi connectivity index (χ3n) is 3.66. The first-order valence-electron chi connectivity index (χ1n) is 6.39. The Morgan fingerprint density at radius 1 is 1.18 bits per heavy atom. The molecule has 0 aromatic carbocycles. The van der Waals surface area contributed by atoms with E-state index in [1.807, 2.05) is 13.8 Å². The summed E-state index contributed by atoms with van der Waals surface area (Å²) in [4.78, 5) is 0. The largest absolute Gasteiger partial charge is 0.394 e. The number of aliphatic hydroxyl groups is 1. The number of piperidine rings is 1. The van der Waals surface area contributed by atoms with E-state index in [0.717, 1.165) is 19.3 Å². The molecular weight excluding hydrogens is 240 g/mol. The summed E-state index contributed by atoms with van der Waals surface area (Å²) < 4.78 is 28.5. The molecule has 0 bridgehead atoms. The molecule has 0 unspecified atom stereocenters. The summed E-state index contributed by atoms with van der Waals surface area (Å²) in [6.07, 6.45) is 4.12. The molecular formula is C11H24N2O3S. The molecule has 1 fully saturated rings. The van der Waals surface area contributed by atoms with Gasteiger partial charge in [0, 0.05) is 13.1 Å². The fraction of sp³-hybridized carbons (Fsp3) is 1.00. The van der Waals surface area contributed by atoms with Crippen LogP contribution in [0.5, 0.6) is 0 Å². The molecule has 0 aromatic rings. The van der Waals surface area contributed by atoms with Crippen LogP contribution in [0.15, 0.2) is 0 Å². The van der Waals surface area contributed by atoms with Gasteiger partial charge in [0.15, 0.2) is 0 Å². The van der Waals surface area contributed by atoms with Crippen LogP contribution in [-0.2, 0) is 10.2 Å². The normalized spacial score (nSPS) is 19.5. The van der Waals surface area contributed by atoms with E-state index in [9.17, 15) is 13.5 Å². The van der Waals surface area contributed by atoms with Crippen LogP contribution in [0.25, 0.3) is 0 Å². The van der Waals surface area contributed by atoms with Gasteiger partial charge in [0.25, 0.3) is 10.2 Å². The van der Waals surface area contributed by atoms with Crippen molar-refractivity contribution in [2.75, 3.05) is 19.7 Å². The Hall–Kier alpha value is -0.170. The summed E-state index contributed by atoms with van der Waals surface area (Å²) in [5, 5.41) is 9.39. The first-order valence-corrected chi connectivity index (χ1v) is 7.83. The molecule has 5 nitrogen and oxygen atoms in total. The number of aliphatic hydroxyl groups excluding tert-OH is 1. The number of rotatable bonds is 6. The van der Waals surface area contributed by atoms with Crippen molar-refractivity contribution in [3.8, 4) is 0 Å². The van der Waals surface area contributed by atoms with E-state index in [2.05, 4.69) is 4.72 Å². The van der Waals surface area contributed by atoms with Gasteiger partial charge in [0.2, 0.25) is 0 Å². The quantitative estimate of drug-likeness (QED) is 0.747. The molecule has 17 heavy (non-hydrogen) atoms. The second kappa shape index (κ2) is 6.13. The van der Waals surface area contributed by atoms with E-state index in [-0.39, 0.29) is 6.61 Å². The van der Waals surface area contributed by atoms with Crippen LogP contribution >= 0.6 is 0 Å². The van der Waals surface area contributed by atoms with Crippen LogP contribution in [0.3, 0.4) is 0 Å². The molecule has 1 heterocycles. The van der Waals surface area contributed by atoms with E-state index in [1.54, 1.807) is 0 Å². The van der Waals surface area contributed by atoms with Crippen molar-refractivity contribution in [1.29, 1.82) is 0 Å². The van der Waals surface area contributed by atoms with E-state index in [4.69, 9.17) is 0 Å². The summed E-state index contributed by atoms with van der Waals surface area (Å²) in [5.41, 5.74) is -0.712. The second-order valence-electron chi connectivity index (χ2n) is 4.71. The SMILES string of the molecule is CCC(CC)(CO)NS(=O)(=O)N1CCCCC1. The maximum atomic E-state index is 12.2. The Balaban J connectivity index is 2.76. The molecule has 0 saturated carbocycles. The second-order valence-corrected chi connectivity index (χ2v) is 6.38. The lowest BCUT2D eigenvalue weighted by Gasteiger charge is -2.34. The average molecular weight is 264 g/mol. The minimum Gasteiger partial charge on any atom is -0.394 e. The first kappa shape index (κ1) is 14.9. The summed E-state index contributed by atoms with van der Waals surface area (Å²) in [5.74, 6) is 0. The summed E-state index contributed by atoms with van der Waals surface area (Å²) in [7, 11) is -3.45. The highest BCUT2D eigenvalue weighted by atomic mass is 32.2. The zero-order valence-corrected chi connectivity index (χ0v) is 11.6. The van der Waals surface area contributed by atoms with Crippen molar-refractivity contribution in [3.63, 3.8) is 0 Å². The van der Waals surface area contributed by atoms with Crippen LogP contribution in [-0.4, -0.2) is 43.1 Å². The summed E-state index contributed by atoms with van der Waals surface area (Å²) >= 11 is 0. The predicted octanol–water partition coefficient (Wildman–Crippen LogP) is 0.858. The number of nitrogens with zero attached hydrogens (tertiary/aromatic N) is 1. The lowest BCUT2D eigenvalue weighted by atomic mass is 9.96. The number of hydrogen-bond acceptors (Lipinski definition) is 3. The Morgan fingerprint density at radius 3 is 2.12 bits per heavy atom. The fourth-order valence-corrected chi connectivity index (χ4v) is 3.86. The van der Waals surface area contributed by atoms with Crippen molar-refractivity contribution < 1.29 is 13.5 Å². The van der Waals surface area contributed by atoms with Crippen molar-refractivity contribution >= 4 is 10.2 Å². The van der Waals surface area contributed by atoms with Gasteiger partial charge in [0.1, 0.15) is 0 Å². The smallest absolute Gasteiger partial charge is 0.280 e. The molecule has 1 aliphatic heterocycles. The van der Waals surface area contributed by atoms with Gasteiger partial charge >= 0.3 is 0 Å². The number of hydrogen-bond donors (Lipinski definition) is 2. The van der Waals surface area contributed by atoms with Gasteiger partial charge in [-0.15, -0.1) is 0 Å². The zero-order chi connectivity index (χ0) is 12.9. The summed E-state index contributed by atoms with van der Waals surface area (Å²) in [6, 6.07) is 0. The van der Waals surface area contributed by atoms with Crippen LogP contribution in [0, 0.1) is 0 Å². The molecule has 1 aliphatic rings. The lowest BCUT2D eigenvalue weighted by Crippen LogP contribution is -2.55. The highest BCUT2D eigenvalue weighted by Gasteiger charge is 2.34. The van der Waals surface area contributed by atoms with E-state index < -0.39 is 15.7 Å². The van der Waals surface area contributed by atoms with Gasteiger partial charge in [-0.2, -0.15) is 17.4 Å². The molecule has 0 amide bonds. The molecule has 0 spiro atoms. The molecule has 1 rings (SSSR count). The van der Waals surface area contributed by atoms with Crippen molar-refractivity contribution in [2.24, 2.45) is 0 Å². The molecule has 0 radical (unpaired) electrons. The molecule has 0 atom stereocenters. The van der Waals surface area contributed by atoms with Crippen molar-refractivity contribution in [2.45, 2.75) is 51.5 Å². The average Bonchev–Trinajstić information content (AvgIpc) is 2.37. The van der Waals surface area contributed by atoms with Gasteiger partial charge in [-0.1, -0.05) is 20.3 Å². The topological polar surface area (TPSA) is 69.6 Å². The standard InChI is InChI=1S/C11H24N2O3S/c1-3-11(4-2,10-14)12-17(15,16)13-8-6-5-7-9-13/h12,14H,3-10H2,1-2H3. The minimum atomic E-state index is -3.45. The Morgan fingerprint density at radius 2 is 1.71 bits per heavy atom. The lowest BCUT2D eigenvalue weighted by molar-refractivity contribution is 0.169. The highest BCUT2D eigenvalue weighted by molar-refractivity contribution is 7.87. The molecule has 2 N–H and O–H groups in total. The maximum absolute atomic E-state index is 12.2. The maximum Gasteiger partial charge on any atom is 0.280 e. The monoisotopic (exact) mass is 264 g/mol. The van der Waals surface area contributed by atoms with E-state index in [0.29, 0.717) is 25.9 Å². The Kier molecular flexibility index (Phi) is 5.37. The van der Waals surface area contributed by atoms with Crippen LogP contribution in [0.1, 0.15) is 46.0 Å². The van der Waals surface area contributed by atoms with Gasteiger partial charge in [-0.3, -0.25) is 0 Å². The van der Waals surface area contributed by atoms with Crippen LogP contribution in [0.2, 0.25) is 0 Å². The molecule has 0 aromatic heterocycles. The molecule has 0 aliphatic carbocycles. The van der Waals surface area contributed by atoms with Crippen molar-refractivity contribution in [3.05, 3.63) is 0 Å². The Bertz CT molecular complexity index is 311. The van der Waals surface area contributed by atoms with Crippen molar-refractivity contribution in [1.82, 2.24) is 9.03 Å². The van der Waals surface area contributed by atoms with E-state index >= 15 is 0 Å². The zero-order valence-electron chi connectivity index (χ0n) is 10.8. The molecule has 102 valence electrons. The predicted molar refractivity (Wildman–Crippen MR) is 67.9 cm³/mol. The van der Waals surface area contributed by atoms with Gasteiger partial charge < -0.3 is 5.11 Å². The molecule has 1 saturated heterocycles. The molecule has 6 heteroatoms. The van der Waals surface area contributed by atoms with Gasteiger partial charge in [0.05, 0.1) is 12.1 Å². The highest BCUT2D eigenvalue weighted by Crippen LogP contribution is 2.19.